The van der Waals surface area contributed by atoms with E-state index in [4.69, 9.17) is 18.9 Å². The Bertz CT molecular complexity index is 419. The van der Waals surface area contributed by atoms with E-state index >= 15 is 0 Å². The summed E-state index contributed by atoms with van der Waals surface area (Å²) in [5.41, 5.74) is 1.03. The van der Waals surface area contributed by atoms with Crippen molar-refractivity contribution in [3.05, 3.63) is 17.7 Å². The first kappa shape index (κ1) is 15.9. The quantitative estimate of drug-likeness (QED) is 0.836. The van der Waals surface area contributed by atoms with E-state index < -0.39 is 0 Å². The summed E-state index contributed by atoms with van der Waals surface area (Å²) in [6.07, 6.45) is 2.38. The fourth-order valence-corrected chi connectivity index (χ4v) is 2.61. The fourth-order valence-electron chi connectivity index (χ4n) is 2.61. The van der Waals surface area contributed by atoms with E-state index in [0.29, 0.717) is 29.8 Å². The Morgan fingerprint density at radius 2 is 1.62 bits per heavy atom. The number of nitrogens with one attached hydrogen (secondary N) is 1. The molecule has 1 aliphatic rings. The Hall–Kier alpha value is -1.46. The second-order valence-corrected chi connectivity index (χ2v) is 5.24. The van der Waals surface area contributed by atoms with Crippen LogP contribution < -0.4 is 19.5 Å². The highest BCUT2D eigenvalue weighted by molar-refractivity contribution is 5.53. The molecule has 0 saturated carbocycles. The van der Waals surface area contributed by atoms with Gasteiger partial charge in [0.05, 0.1) is 27.9 Å². The van der Waals surface area contributed by atoms with Gasteiger partial charge in [-0.05, 0) is 49.5 Å². The monoisotopic (exact) mass is 295 g/mol. The zero-order valence-corrected chi connectivity index (χ0v) is 13.1. The maximum atomic E-state index is 5.85. The number of rotatable bonds is 7. The first-order valence-corrected chi connectivity index (χ1v) is 7.35. The van der Waals surface area contributed by atoms with Gasteiger partial charge in [-0.3, -0.25) is 0 Å². The molecule has 1 fully saturated rings. The van der Waals surface area contributed by atoms with Crippen molar-refractivity contribution in [1.29, 1.82) is 0 Å². The molecule has 1 saturated heterocycles. The fraction of sp³-hybridized carbons (Fsp3) is 0.625. The second kappa shape index (κ2) is 8.10. The predicted molar refractivity (Wildman–Crippen MR) is 81.3 cm³/mol. The van der Waals surface area contributed by atoms with Crippen LogP contribution in [0.4, 0.5) is 0 Å². The summed E-state index contributed by atoms with van der Waals surface area (Å²) in [5, 5.41) is 3.36. The lowest BCUT2D eigenvalue weighted by atomic mass is 9.99. The number of piperidine rings is 1. The van der Waals surface area contributed by atoms with Crippen molar-refractivity contribution in [2.75, 3.05) is 41.0 Å². The molecule has 2 rings (SSSR count). The maximum Gasteiger partial charge on any atom is 0.203 e. The smallest absolute Gasteiger partial charge is 0.203 e. The average molecular weight is 295 g/mol. The summed E-state index contributed by atoms with van der Waals surface area (Å²) < 4.78 is 21.9. The molecule has 5 heteroatoms. The van der Waals surface area contributed by atoms with E-state index in [0.717, 1.165) is 25.3 Å². The molecular weight excluding hydrogens is 270 g/mol. The Morgan fingerprint density at radius 3 is 2.14 bits per heavy atom. The number of benzene rings is 1. The van der Waals surface area contributed by atoms with Crippen molar-refractivity contribution in [2.24, 2.45) is 5.92 Å². The van der Waals surface area contributed by atoms with Gasteiger partial charge in [-0.15, -0.1) is 0 Å². The summed E-state index contributed by atoms with van der Waals surface area (Å²) in [7, 11) is 4.85. The molecule has 1 aromatic rings. The van der Waals surface area contributed by atoms with Gasteiger partial charge in [0, 0.05) is 6.61 Å². The second-order valence-electron chi connectivity index (χ2n) is 5.24. The molecule has 21 heavy (non-hydrogen) atoms. The van der Waals surface area contributed by atoms with Crippen LogP contribution in [0.5, 0.6) is 17.2 Å². The Morgan fingerprint density at radius 1 is 1.00 bits per heavy atom. The van der Waals surface area contributed by atoms with Crippen molar-refractivity contribution in [1.82, 2.24) is 5.32 Å². The highest BCUT2D eigenvalue weighted by Crippen LogP contribution is 2.38. The van der Waals surface area contributed by atoms with E-state index in [1.165, 1.54) is 12.8 Å². The van der Waals surface area contributed by atoms with Crippen LogP contribution in [0, 0.1) is 5.92 Å². The van der Waals surface area contributed by atoms with Gasteiger partial charge in [0.25, 0.3) is 0 Å². The van der Waals surface area contributed by atoms with Gasteiger partial charge < -0.3 is 24.3 Å². The Kier molecular flexibility index (Phi) is 6.14. The van der Waals surface area contributed by atoms with Crippen molar-refractivity contribution in [3.63, 3.8) is 0 Å². The molecular formula is C16H25NO4. The van der Waals surface area contributed by atoms with E-state index in [2.05, 4.69) is 5.32 Å². The molecule has 0 aliphatic carbocycles. The van der Waals surface area contributed by atoms with Crippen LogP contribution in [0.15, 0.2) is 12.1 Å². The Labute approximate surface area is 126 Å². The summed E-state index contributed by atoms with van der Waals surface area (Å²) in [5.74, 6) is 2.60. The third-order valence-electron chi connectivity index (χ3n) is 3.81. The lowest BCUT2D eigenvalue weighted by Crippen LogP contribution is -2.29. The standard InChI is InChI=1S/C16H25NO4/c1-18-14-8-13(9-15(19-2)16(14)20-3)11-21-10-12-4-6-17-7-5-12/h8-9,12,17H,4-7,10-11H2,1-3H3. The van der Waals surface area contributed by atoms with Crippen molar-refractivity contribution < 1.29 is 18.9 Å². The third kappa shape index (κ3) is 4.25. The van der Waals surface area contributed by atoms with Crippen molar-refractivity contribution in [2.45, 2.75) is 19.4 Å². The number of ether oxygens (including phenoxy) is 4. The van der Waals surface area contributed by atoms with Crippen LogP contribution in [0.25, 0.3) is 0 Å². The van der Waals surface area contributed by atoms with Crippen LogP contribution in [0.2, 0.25) is 0 Å². The minimum absolute atomic E-state index is 0.556. The molecule has 0 spiro atoms. The molecule has 5 nitrogen and oxygen atoms in total. The average Bonchev–Trinajstić information content (AvgIpc) is 2.54. The van der Waals surface area contributed by atoms with E-state index in [9.17, 15) is 0 Å². The number of hydrogen-bond acceptors (Lipinski definition) is 5. The summed E-state index contributed by atoms with van der Waals surface area (Å²) in [6, 6.07) is 3.87. The summed E-state index contributed by atoms with van der Waals surface area (Å²) >= 11 is 0. The van der Waals surface area contributed by atoms with E-state index in [-0.39, 0.29) is 0 Å². The normalized spacial score (nSPS) is 15.8. The molecule has 0 radical (unpaired) electrons. The van der Waals surface area contributed by atoms with Gasteiger partial charge in [-0.2, -0.15) is 0 Å². The van der Waals surface area contributed by atoms with E-state index in [1.54, 1.807) is 21.3 Å². The van der Waals surface area contributed by atoms with Crippen molar-refractivity contribution in [3.8, 4) is 17.2 Å². The molecule has 1 aromatic carbocycles. The van der Waals surface area contributed by atoms with Crippen LogP contribution >= 0.6 is 0 Å². The molecule has 1 aliphatic heterocycles. The topological polar surface area (TPSA) is 49.0 Å². The van der Waals surface area contributed by atoms with Gasteiger partial charge in [0.1, 0.15) is 0 Å². The SMILES string of the molecule is COc1cc(COCC2CCNCC2)cc(OC)c1OC. The molecule has 118 valence electrons. The maximum absolute atomic E-state index is 5.85. The van der Waals surface area contributed by atoms with Gasteiger partial charge in [0.2, 0.25) is 5.75 Å². The molecule has 0 unspecified atom stereocenters. The summed E-state index contributed by atoms with van der Waals surface area (Å²) in [6.45, 7) is 3.55. The highest BCUT2D eigenvalue weighted by Gasteiger charge is 2.15. The minimum atomic E-state index is 0.556. The molecule has 0 atom stereocenters. The van der Waals surface area contributed by atoms with Gasteiger partial charge in [0.15, 0.2) is 11.5 Å². The number of methoxy groups -OCH3 is 3. The van der Waals surface area contributed by atoms with Gasteiger partial charge >= 0.3 is 0 Å². The highest BCUT2D eigenvalue weighted by atomic mass is 16.5. The Balaban J connectivity index is 1.95. The molecule has 0 amide bonds. The zero-order chi connectivity index (χ0) is 15.1. The lowest BCUT2D eigenvalue weighted by Gasteiger charge is -2.22. The lowest BCUT2D eigenvalue weighted by molar-refractivity contribution is 0.0761. The van der Waals surface area contributed by atoms with Gasteiger partial charge in [-0.25, -0.2) is 0 Å². The van der Waals surface area contributed by atoms with Crippen LogP contribution in [0.3, 0.4) is 0 Å². The van der Waals surface area contributed by atoms with Crippen LogP contribution in [-0.2, 0) is 11.3 Å². The van der Waals surface area contributed by atoms with Gasteiger partial charge in [-0.1, -0.05) is 0 Å². The van der Waals surface area contributed by atoms with Crippen LogP contribution in [0.1, 0.15) is 18.4 Å². The summed E-state index contributed by atoms with van der Waals surface area (Å²) in [4.78, 5) is 0. The molecule has 0 bridgehead atoms. The van der Waals surface area contributed by atoms with Crippen molar-refractivity contribution >= 4 is 0 Å². The number of hydrogen-bond donors (Lipinski definition) is 1. The molecule has 1 N–H and O–H groups in total. The first-order chi connectivity index (χ1) is 10.3. The van der Waals surface area contributed by atoms with E-state index in [1.807, 2.05) is 12.1 Å². The predicted octanol–water partition coefficient (Wildman–Crippen LogP) is 2.23. The molecule has 1 heterocycles. The third-order valence-corrected chi connectivity index (χ3v) is 3.81. The van der Waals surface area contributed by atoms with Crippen LogP contribution in [-0.4, -0.2) is 41.0 Å². The zero-order valence-electron chi connectivity index (χ0n) is 13.1. The minimum Gasteiger partial charge on any atom is -0.493 e. The molecule has 0 aromatic heterocycles. The largest absolute Gasteiger partial charge is 0.493 e. The first-order valence-electron chi connectivity index (χ1n) is 7.35.